The molecule has 3 rings (SSSR count). The number of hydrogen-bond acceptors (Lipinski definition) is 4. The second-order valence-electron chi connectivity index (χ2n) is 4.92. The van der Waals surface area contributed by atoms with Crippen LogP contribution in [0.5, 0.6) is 0 Å². The molecule has 0 aliphatic heterocycles. The van der Waals surface area contributed by atoms with Crippen LogP contribution in [0.15, 0.2) is 47.3 Å². The largest absolute Gasteiger partial charge is 0.375 e. The third kappa shape index (κ3) is 2.88. The molecule has 0 fully saturated rings. The molecule has 3 aromatic rings. The minimum atomic E-state index is 0.0646. The minimum Gasteiger partial charge on any atom is -0.375 e. The van der Waals surface area contributed by atoms with Crippen molar-refractivity contribution in [2.75, 3.05) is 5.32 Å². The predicted molar refractivity (Wildman–Crippen MR) is 88.2 cm³/mol. The van der Waals surface area contributed by atoms with Gasteiger partial charge in [-0.3, -0.25) is 15.0 Å². The minimum absolute atomic E-state index is 0.0646. The summed E-state index contributed by atoms with van der Waals surface area (Å²) in [6.07, 6.45) is 5.24. The fourth-order valence-corrected chi connectivity index (χ4v) is 2.74. The number of hydrogen-bond donors (Lipinski definition) is 1. The SMILES string of the molecule is Cc1nccnc1C(C)Nc1cccc2cc(Br)cnc12. The molecule has 5 heteroatoms. The maximum atomic E-state index is 4.50. The first-order valence-electron chi connectivity index (χ1n) is 6.73. The molecule has 0 saturated heterocycles. The maximum absolute atomic E-state index is 4.50. The molecule has 0 amide bonds. The van der Waals surface area contributed by atoms with Crippen LogP contribution in [-0.4, -0.2) is 15.0 Å². The van der Waals surface area contributed by atoms with Crippen LogP contribution in [0.25, 0.3) is 10.9 Å². The average Bonchev–Trinajstić information content (AvgIpc) is 2.47. The smallest absolute Gasteiger partial charge is 0.0934 e. The summed E-state index contributed by atoms with van der Waals surface area (Å²) in [5.74, 6) is 0. The van der Waals surface area contributed by atoms with Crippen molar-refractivity contribution in [3.63, 3.8) is 0 Å². The van der Waals surface area contributed by atoms with Gasteiger partial charge in [0.25, 0.3) is 0 Å². The topological polar surface area (TPSA) is 50.7 Å². The van der Waals surface area contributed by atoms with Crippen molar-refractivity contribution >= 4 is 32.5 Å². The third-order valence-corrected chi connectivity index (χ3v) is 3.81. The first-order chi connectivity index (χ1) is 10.1. The van der Waals surface area contributed by atoms with Crippen molar-refractivity contribution in [3.8, 4) is 0 Å². The number of nitrogens with zero attached hydrogens (tertiary/aromatic N) is 3. The molecule has 1 aromatic carbocycles. The van der Waals surface area contributed by atoms with Gasteiger partial charge in [0.1, 0.15) is 0 Å². The highest BCUT2D eigenvalue weighted by molar-refractivity contribution is 9.10. The number of nitrogens with one attached hydrogen (secondary N) is 1. The summed E-state index contributed by atoms with van der Waals surface area (Å²) < 4.78 is 0.977. The van der Waals surface area contributed by atoms with Crippen LogP contribution in [0.3, 0.4) is 0 Å². The van der Waals surface area contributed by atoms with E-state index in [2.05, 4.69) is 55.3 Å². The van der Waals surface area contributed by atoms with E-state index in [9.17, 15) is 0 Å². The van der Waals surface area contributed by atoms with E-state index in [-0.39, 0.29) is 6.04 Å². The molecule has 4 nitrogen and oxygen atoms in total. The summed E-state index contributed by atoms with van der Waals surface area (Å²) in [6, 6.07) is 8.23. The highest BCUT2D eigenvalue weighted by atomic mass is 79.9. The maximum Gasteiger partial charge on any atom is 0.0934 e. The summed E-state index contributed by atoms with van der Waals surface area (Å²) in [5, 5.41) is 4.58. The van der Waals surface area contributed by atoms with E-state index in [0.29, 0.717) is 0 Å². The summed E-state index contributed by atoms with van der Waals surface area (Å²) >= 11 is 3.45. The van der Waals surface area contributed by atoms with E-state index in [0.717, 1.165) is 32.5 Å². The molecule has 0 aliphatic carbocycles. The Morgan fingerprint density at radius 1 is 1.14 bits per heavy atom. The van der Waals surface area contributed by atoms with Crippen molar-refractivity contribution in [1.82, 2.24) is 15.0 Å². The lowest BCUT2D eigenvalue weighted by Crippen LogP contribution is -2.11. The van der Waals surface area contributed by atoms with Crippen LogP contribution in [0, 0.1) is 6.92 Å². The van der Waals surface area contributed by atoms with Gasteiger partial charge >= 0.3 is 0 Å². The first-order valence-corrected chi connectivity index (χ1v) is 7.53. The zero-order chi connectivity index (χ0) is 14.8. The number of halogens is 1. The predicted octanol–water partition coefficient (Wildman–Crippen LogP) is 4.27. The van der Waals surface area contributed by atoms with E-state index in [1.807, 2.05) is 25.3 Å². The van der Waals surface area contributed by atoms with Crippen molar-refractivity contribution in [2.45, 2.75) is 19.9 Å². The van der Waals surface area contributed by atoms with Gasteiger partial charge in [0.15, 0.2) is 0 Å². The quantitative estimate of drug-likeness (QED) is 0.772. The zero-order valence-electron chi connectivity index (χ0n) is 11.8. The molecule has 1 unspecified atom stereocenters. The van der Waals surface area contributed by atoms with E-state index >= 15 is 0 Å². The zero-order valence-corrected chi connectivity index (χ0v) is 13.4. The van der Waals surface area contributed by atoms with Crippen molar-refractivity contribution in [1.29, 1.82) is 0 Å². The van der Waals surface area contributed by atoms with E-state index < -0.39 is 0 Å². The molecule has 0 spiro atoms. The van der Waals surface area contributed by atoms with Crippen molar-refractivity contribution in [3.05, 3.63) is 58.7 Å². The molecule has 1 atom stereocenters. The van der Waals surface area contributed by atoms with Crippen LogP contribution in [0.1, 0.15) is 24.4 Å². The Bertz CT molecular complexity index is 788. The molecular formula is C16H15BrN4. The highest BCUT2D eigenvalue weighted by Gasteiger charge is 2.12. The van der Waals surface area contributed by atoms with E-state index in [4.69, 9.17) is 0 Å². The number of pyridine rings is 1. The monoisotopic (exact) mass is 342 g/mol. The molecular weight excluding hydrogens is 328 g/mol. The molecule has 106 valence electrons. The number of fused-ring (bicyclic) bond motifs is 1. The van der Waals surface area contributed by atoms with Crippen LogP contribution >= 0.6 is 15.9 Å². The van der Waals surface area contributed by atoms with Gasteiger partial charge in [-0.25, -0.2) is 0 Å². The highest BCUT2D eigenvalue weighted by Crippen LogP contribution is 2.27. The molecule has 2 heterocycles. The Labute approximate surface area is 131 Å². The lowest BCUT2D eigenvalue weighted by atomic mass is 10.1. The number of benzene rings is 1. The van der Waals surface area contributed by atoms with E-state index in [1.165, 1.54) is 0 Å². The number of aryl methyl sites for hydroxylation is 1. The summed E-state index contributed by atoms with van der Waals surface area (Å²) in [7, 11) is 0. The Balaban J connectivity index is 1.97. The summed E-state index contributed by atoms with van der Waals surface area (Å²) in [6.45, 7) is 4.05. The van der Waals surface area contributed by atoms with Gasteiger partial charge in [-0.1, -0.05) is 12.1 Å². The molecule has 0 bridgehead atoms. The average molecular weight is 343 g/mol. The second kappa shape index (κ2) is 5.77. The fourth-order valence-electron chi connectivity index (χ4n) is 2.40. The molecule has 0 saturated carbocycles. The van der Waals surface area contributed by atoms with Crippen LogP contribution < -0.4 is 5.32 Å². The molecule has 0 aliphatic rings. The molecule has 21 heavy (non-hydrogen) atoms. The molecule has 1 N–H and O–H groups in total. The van der Waals surface area contributed by atoms with Crippen LogP contribution in [0.4, 0.5) is 5.69 Å². The van der Waals surface area contributed by atoms with E-state index in [1.54, 1.807) is 12.4 Å². The van der Waals surface area contributed by atoms with Gasteiger partial charge < -0.3 is 5.32 Å². The summed E-state index contributed by atoms with van der Waals surface area (Å²) in [5.41, 5.74) is 3.84. The summed E-state index contributed by atoms with van der Waals surface area (Å²) in [4.78, 5) is 13.2. The van der Waals surface area contributed by atoms with Crippen LogP contribution in [0.2, 0.25) is 0 Å². The standard InChI is InChI=1S/C16H15BrN4/c1-10-15(19-7-6-18-10)11(2)21-14-5-3-4-12-8-13(17)9-20-16(12)14/h3-9,11,21H,1-2H3. The first kappa shape index (κ1) is 13.9. The third-order valence-electron chi connectivity index (χ3n) is 3.38. The van der Waals surface area contributed by atoms with Gasteiger partial charge in [0.2, 0.25) is 0 Å². The van der Waals surface area contributed by atoms with Gasteiger partial charge in [-0.2, -0.15) is 0 Å². The van der Waals surface area contributed by atoms with Gasteiger partial charge in [0, 0.05) is 28.4 Å². The fraction of sp³-hybridized carbons (Fsp3) is 0.188. The molecule has 0 radical (unpaired) electrons. The van der Waals surface area contributed by atoms with Crippen molar-refractivity contribution in [2.24, 2.45) is 0 Å². The second-order valence-corrected chi connectivity index (χ2v) is 5.84. The Morgan fingerprint density at radius 3 is 2.76 bits per heavy atom. The van der Waals surface area contributed by atoms with Gasteiger partial charge in [-0.05, 0) is 41.9 Å². The number of rotatable bonds is 3. The number of para-hydroxylation sites is 1. The lowest BCUT2D eigenvalue weighted by Gasteiger charge is -2.17. The normalized spacial score (nSPS) is 12.3. The number of anilines is 1. The lowest BCUT2D eigenvalue weighted by molar-refractivity contribution is 0.811. The van der Waals surface area contributed by atoms with Gasteiger partial charge in [-0.15, -0.1) is 0 Å². The molecule has 2 aromatic heterocycles. The number of aromatic nitrogens is 3. The van der Waals surface area contributed by atoms with Gasteiger partial charge in [0.05, 0.1) is 28.6 Å². The Kier molecular flexibility index (Phi) is 3.84. The van der Waals surface area contributed by atoms with Crippen molar-refractivity contribution < 1.29 is 0 Å². The Hall–Kier alpha value is -2.01. The Morgan fingerprint density at radius 2 is 1.95 bits per heavy atom. The van der Waals surface area contributed by atoms with Crippen LogP contribution in [-0.2, 0) is 0 Å².